The Balaban J connectivity index is 2.82. The van der Waals surface area contributed by atoms with Gasteiger partial charge in [-0.1, -0.05) is 66.3 Å². The molecule has 1 N–H and O–H groups in total. The molecule has 1 rings (SSSR count). The second kappa shape index (κ2) is 7.62. The van der Waals surface area contributed by atoms with Crippen molar-refractivity contribution in [3.8, 4) is 0 Å². The number of benzene rings is 1. The van der Waals surface area contributed by atoms with Gasteiger partial charge in [-0.05, 0) is 30.9 Å². The first kappa shape index (κ1) is 16.1. The predicted molar refractivity (Wildman–Crippen MR) is 85.9 cm³/mol. The van der Waals surface area contributed by atoms with Crippen LogP contribution >= 0.6 is 39.1 Å². The molecule has 18 heavy (non-hydrogen) atoms. The van der Waals surface area contributed by atoms with Crippen LogP contribution < -0.4 is 5.32 Å². The van der Waals surface area contributed by atoms with E-state index < -0.39 is 0 Å². The van der Waals surface area contributed by atoms with Gasteiger partial charge in [0.1, 0.15) is 0 Å². The molecule has 1 aromatic rings. The van der Waals surface area contributed by atoms with Crippen LogP contribution in [0, 0.1) is 5.92 Å². The fourth-order valence-electron chi connectivity index (χ4n) is 1.86. The van der Waals surface area contributed by atoms with E-state index in [0.717, 1.165) is 23.0 Å². The summed E-state index contributed by atoms with van der Waals surface area (Å²) in [5, 5.41) is 4.80. The van der Waals surface area contributed by atoms with Crippen LogP contribution in [-0.4, -0.2) is 6.04 Å². The first-order valence-corrected chi connectivity index (χ1v) is 7.93. The molecule has 1 nitrogen and oxygen atoms in total. The molecule has 0 heterocycles. The summed E-state index contributed by atoms with van der Waals surface area (Å²) in [6, 6.07) is 4.15. The van der Waals surface area contributed by atoms with E-state index >= 15 is 0 Å². The fourth-order valence-corrected chi connectivity index (χ4v) is 3.18. The van der Waals surface area contributed by atoms with Gasteiger partial charge >= 0.3 is 0 Å². The van der Waals surface area contributed by atoms with Crippen LogP contribution in [0.1, 0.15) is 40.0 Å². The summed E-state index contributed by atoms with van der Waals surface area (Å²) in [5.74, 6) is 0.704. The summed E-state index contributed by atoms with van der Waals surface area (Å²) < 4.78 is 0.901. The summed E-state index contributed by atoms with van der Waals surface area (Å²) >= 11 is 15.8. The van der Waals surface area contributed by atoms with Crippen LogP contribution in [-0.2, 0) is 0 Å². The van der Waals surface area contributed by atoms with Crippen LogP contribution in [0.5, 0.6) is 0 Å². The van der Waals surface area contributed by atoms with Gasteiger partial charge in [0.05, 0.1) is 15.7 Å². The van der Waals surface area contributed by atoms with E-state index in [0.29, 0.717) is 22.0 Å². The number of hydrogen-bond acceptors (Lipinski definition) is 1. The highest BCUT2D eigenvalue weighted by molar-refractivity contribution is 9.10. The Kier molecular flexibility index (Phi) is 6.83. The van der Waals surface area contributed by atoms with Crippen LogP contribution in [0.2, 0.25) is 10.0 Å². The Morgan fingerprint density at radius 1 is 1.17 bits per heavy atom. The smallest absolute Gasteiger partial charge is 0.0721 e. The van der Waals surface area contributed by atoms with E-state index in [1.165, 1.54) is 6.42 Å². The lowest BCUT2D eigenvalue weighted by Gasteiger charge is -2.23. The second-order valence-electron chi connectivity index (χ2n) is 4.74. The lowest BCUT2D eigenvalue weighted by atomic mass is 9.97. The highest BCUT2D eigenvalue weighted by Crippen LogP contribution is 2.35. The van der Waals surface area contributed by atoms with Gasteiger partial charge in [0, 0.05) is 10.5 Å². The lowest BCUT2D eigenvalue weighted by molar-refractivity contribution is 0.462. The molecule has 0 amide bonds. The maximum atomic E-state index is 6.23. The van der Waals surface area contributed by atoms with Gasteiger partial charge in [-0.3, -0.25) is 0 Å². The normalized spacial score (nSPS) is 14.3. The maximum Gasteiger partial charge on any atom is 0.0721 e. The van der Waals surface area contributed by atoms with Crippen LogP contribution in [0.25, 0.3) is 0 Å². The fraction of sp³-hybridized carbons (Fsp3) is 0.571. The van der Waals surface area contributed by atoms with E-state index in [9.17, 15) is 0 Å². The number of anilines is 1. The van der Waals surface area contributed by atoms with E-state index in [1.54, 1.807) is 0 Å². The van der Waals surface area contributed by atoms with E-state index in [2.05, 4.69) is 42.0 Å². The number of halogens is 3. The van der Waals surface area contributed by atoms with Gasteiger partial charge in [-0.25, -0.2) is 0 Å². The first-order chi connectivity index (χ1) is 8.47. The van der Waals surface area contributed by atoms with Gasteiger partial charge in [-0.15, -0.1) is 0 Å². The molecular formula is C14H20BrCl2N. The first-order valence-electron chi connectivity index (χ1n) is 6.38. The third-order valence-corrected chi connectivity index (χ3v) is 4.29. The van der Waals surface area contributed by atoms with Crippen molar-refractivity contribution in [3.05, 3.63) is 26.7 Å². The zero-order valence-corrected chi connectivity index (χ0v) is 14.2. The number of rotatable bonds is 6. The average molecular weight is 353 g/mol. The van der Waals surface area contributed by atoms with Crippen molar-refractivity contribution in [1.29, 1.82) is 0 Å². The molecule has 102 valence electrons. The van der Waals surface area contributed by atoms with Crippen molar-refractivity contribution in [2.24, 2.45) is 5.92 Å². The third-order valence-electron chi connectivity index (χ3n) is 3.23. The Hall–Kier alpha value is 0.0800. The topological polar surface area (TPSA) is 12.0 Å². The second-order valence-corrected chi connectivity index (χ2v) is 6.47. The molecule has 0 fully saturated rings. The summed E-state index contributed by atoms with van der Waals surface area (Å²) in [6.07, 6.45) is 3.39. The predicted octanol–water partition coefficient (Wildman–Crippen LogP) is 6.38. The van der Waals surface area contributed by atoms with Crippen molar-refractivity contribution in [2.75, 3.05) is 5.32 Å². The molecule has 0 saturated heterocycles. The van der Waals surface area contributed by atoms with Gasteiger partial charge in [0.15, 0.2) is 0 Å². The van der Waals surface area contributed by atoms with Crippen molar-refractivity contribution < 1.29 is 0 Å². The molecule has 2 atom stereocenters. The molecule has 4 heteroatoms. The van der Waals surface area contributed by atoms with Crippen LogP contribution in [0.15, 0.2) is 16.6 Å². The summed E-state index contributed by atoms with van der Waals surface area (Å²) in [4.78, 5) is 0. The molecular weight excluding hydrogens is 333 g/mol. The zero-order valence-electron chi connectivity index (χ0n) is 11.1. The quantitative estimate of drug-likeness (QED) is 0.626. The van der Waals surface area contributed by atoms with E-state index in [1.807, 2.05) is 12.1 Å². The molecule has 0 aliphatic heterocycles. The molecule has 0 bridgehead atoms. The van der Waals surface area contributed by atoms with Crippen LogP contribution in [0.3, 0.4) is 0 Å². The highest BCUT2D eigenvalue weighted by atomic mass is 79.9. The number of hydrogen-bond donors (Lipinski definition) is 1. The lowest BCUT2D eigenvalue weighted by Crippen LogP contribution is -2.21. The van der Waals surface area contributed by atoms with Gasteiger partial charge in [-0.2, -0.15) is 0 Å². The molecule has 0 spiro atoms. The molecule has 2 unspecified atom stereocenters. The summed E-state index contributed by atoms with van der Waals surface area (Å²) in [7, 11) is 0. The molecule has 0 aliphatic carbocycles. The standard InChI is InChI=1S/C14H20BrCl2N/c1-4-9(3)6-11(5-2)18-14-12(16)7-10(15)8-13(14)17/h7-9,11,18H,4-6H2,1-3H3. The number of nitrogens with one attached hydrogen (secondary N) is 1. The van der Waals surface area contributed by atoms with Crippen molar-refractivity contribution in [3.63, 3.8) is 0 Å². The van der Waals surface area contributed by atoms with Gasteiger partial charge < -0.3 is 5.32 Å². The Morgan fingerprint density at radius 3 is 2.17 bits per heavy atom. The van der Waals surface area contributed by atoms with Crippen LogP contribution in [0.4, 0.5) is 5.69 Å². The SMILES string of the molecule is CCC(C)CC(CC)Nc1c(Cl)cc(Br)cc1Cl. The van der Waals surface area contributed by atoms with Gasteiger partial charge in [0.2, 0.25) is 0 Å². The molecule has 0 radical (unpaired) electrons. The Morgan fingerprint density at radius 2 is 1.72 bits per heavy atom. The van der Waals surface area contributed by atoms with Crippen molar-refractivity contribution in [2.45, 2.75) is 46.1 Å². The zero-order chi connectivity index (χ0) is 13.7. The minimum absolute atomic E-state index is 0.413. The van der Waals surface area contributed by atoms with E-state index in [-0.39, 0.29) is 0 Å². The molecule has 0 saturated carbocycles. The molecule has 0 aromatic heterocycles. The van der Waals surface area contributed by atoms with Crippen molar-refractivity contribution in [1.82, 2.24) is 0 Å². The molecule has 1 aromatic carbocycles. The van der Waals surface area contributed by atoms with Crippen molar-refractivity contribution >= 4 is 44.8 Å². The minimum atomic E-state index is 0.413. The largest absolute Gasteiger partial charge is 0.380 e. The summed E-state index contributed by atoms with van der Waals surface area (Å²) in [5.41, 5.74) is 0.844. The Bertz CT molecular complexity index is 372. The summed E-state index contributed by atoms with van der Waals surface area (Å²) in [6.45, 7) is 6.67. The molecule has 0 aliphatic rings. The highest BCUT2D eigenvalue weighted by Gasteiger charge is 2.14. The maximum absolute atomic E-state index is 6.23. The average Bonchev–Trinajstić information content (AvgIpc) is 2.31. The Labute approximate surface area is 128 Å². The third kappa shape index (κ3) is 4.64. The minimum Gasteiger partial charge on any atom is -0.380 e. The monoisotopic (exact) mass is 351 g/mol. The van der Waals surface area contributed by atoms with E-state index in [4.69, 9.17) is 23.2 Å². The van der Waals surface area contributed by atoms with Gasteiger partial charge in [0.25, 0.3) is 0 Å².